The fourth-order valence-electron chi connectivity index (χ4n) is 1.41. The molecule has 0 fully saturated rings. The highest BCUT2D eigenvalue weighted by Gasteiger charge is 2.36. The Kier molecular flexibility index (Phi) is 7.50. The van der Waals surface area contributed by atoms with E-state index in [0.29, 0.717) is 12.5 Å². The smallest absolute Gasteiger partial charge is 0.322 e. The van der Waals surface area contributed by atoms with E-state index in [9.17, 15) is 0 Å². The summed E-state index contributed by atoms with van der Waals surface area (Å²) in [5, 5.41) is 0. The van der Waals surface area contributed by atoms with Crippen molar-refractivity contribution in [3.8, 4) is 0 Å². The first-order valence-corrected chi connectivity index (χ1v) is 11.9. The highest BCUT2D eigenvalue weighted by molar-refractivity contribution is 6.78. The molecule has 102 valence electrons. The van der Waals surface area contributed by atoms with Crippen LogP contribution in [0.2, 0.25) is 26.2 Å². The SMILES string of the molecule is C=CCCO[Si](C)(C)O[Si](C)(C)OCC(C)C. The van der Waals surface area contributed by atoms with Crippen molar-refractivity contribution in [3.05, 3.63) is 12.7 Å². The summed E-state index contributed by atoms with van der Waals surface area (Å²) >= 11 is 0. The Morgan fingerprint density at radius 2 is 1.59 bits per heavy atom. The van der Waals surface area contributed by atoms with E-state index >= 15 is 0 Å². The zero-order valence-corrected chi connectivity index (χ0v) is 14.2. The molecule has 0 spiro atoms. The van der Waals surface area contributed by atoms with E-state index in [2.05, 4.69) is 46.6 Å². The number of rotatable bonds is 9. The monoisotopic (exact) mass is 276 g/mol. The molecule has 0 aliphatic heterocycles. The first-order chi connectivity index (χ1) is 7.68. The predicted molar refractivity (Wildman–Crippen MR) is 77.6 cm³/mol. The van der Waals surface area contributed by atoms with Crippen LogP contribution in [0.25, 0.3) is 0 Å². The minimum atomic E-state index is -2.06. The van der Waals surface area contributed by atoms with Crippen molar-refractivity contribution < 1.29 is 13.0 Å². The van der Waals surface area contributed by atoms with Crippen LogP contribution in [-0.4, -0.2) is 30.3 Å². The first kappa shape index (κ1) is 17.1. The summed E-state index contributed by atoms with van der Waals surface area (Å²) in [6, 6.07) is 0. The van der Waals surface area contributed by atoms with Gasteiger partial charge in [0.05, 0.1) is 0 Å². The van der Waals surface area contributed by atoms with Gasteiger partial charge in [0.2, 0.25) is 0 Å². The molecule has 0 saturated heterocycles. The highest BCUT2D eigenvalue weighted by atomic mass is 28.5. The average molecular weight is 277 g/mol. The summed E-state index contributed by atoms with van der Waals surface area (Å²) in [7, 11) is -4.11. The van der Waals surface area contributed by atoms with Gasteiger partial charge in [-0.3, -0.25) is 0 Å². The van der Waals surface area contributed by atoms with Crippen LogP contribution in [0.15, 0.2) is 12.7 Å². The Bertz CT molecular complexity index is 228. The van der Waals surface area contributed by atoms with E-state index in [0.717, 1.165) is 13.0 Å². The largest absolute Gasteiger partial charge is 0.415 e. The Morgan fingerprint density at radius 1 is 1.06 bits per heavy atom. The lowest BCUT2D eigenvalue weighted by Gasteiger charge is -2.33. The number of hydrogen-bond donors (Lipinski definition) is 0. The Morgan fingerprint density at radius 3 is 2.06 bits per heavy atom. The van der Waals surface area contributed by atoms with Crippen molar-refractivity contribution >= 4 is 17.1 Å². The fourth-order valence-corrected chi connectivity index (χ4v) is 7.96. The predicted octanol–water partition coefficient (Wildman–Crippen LogP) is 3.67. The lowest BCUT2D eigenvalue weighted by atomic mass is 10.2. The summed E-state index contributed by atoms with van der Waals surface area (Å²) in [5.74, 6) is 0.539. The first-order valence-electron chi connectivity index (χ1n) is 6.27. The lowest BCUT2D eigenvalue weighted by Crippen LogP contribution is -2.49. The molecule has 0 radical (unpaired) electrons. The molecule has 0 bridgehead atoms. The van der Waals surface area contributed by atoms with Gasteiger partial charge in [-0.2, -0.15) is 0 Å². The van der Waals surface area contributed by atoms with E-state index in [1.807, 2.05) is 6.08 Å². The molecule has 0 aliphatic rings. The highest BCUT2D eigenvalue weighted by Crippen LogP contribution is 2.17. The summed E-state index contributed by atoms with van der Waals surface area (Å²) in [6.07, 6.45) is 2.73. The number of hydrogen-bond acceptors (Lipinski definition) is 3. The molecule has 0 aromatic heterocycles. The Balaban J connectivity index is 4.12. The third-order valence-corrected chi connectivity index (χ3v) is 7.72. The van der Waals surface area contributed by atoms with Crippen LogP contribution in [0.3, 0.4) is 0 Å². The average Bonchev–Trinajstić information content (AvgIpc) is 2.13. The summed E-state index contributed by atoms with van der Waals surface area (Å²) in [4.78, 5) is 0. The van der Waals surface area contributed by atoms with E-state index in [1.165, 1.54) is 0 Å². The van der Waals surface area contributed by atoms with Gasteiger partial charge < -0.3 is 13.0 Å². The van der Waals surface area contributed by atoms with Crippen LogP contribution in [0, 0.1) is 5.92 Å². The maximum Gasteiger partial charge on any atom is 0.322 e. The van der Waals surface area contributed by atoms with Gasteiger partial charge in [0.25, 0.3) is 0 Å². The minimum Gasteiger partial charge on any atom is -0.415 e. The Hall–Kier alpha value is 0.0538. The van der Waals surface area contributed by atoms with Gasteiger partial charge in [-0.15, -0.1) is 6.58 Å². The van der Waals surface area contributed by atoms with Gasteiger partial charge in [0, 0.05) is 13.2 Å². The van der Waals surface area contributed by atoms with Crippen LogP contribution in [0.5, 0.6) is 0 Å². The molecule has 0 aromatic carbocycles. The van der Waals surface area contributed by atoms with Gasteiger partial charge in [-0.1, -0.05) is 19.9 Å². The van der Waals surface area contributed by atoms with Crippen molar-refractivity contribution in [1.82, 2.24) is 0 Å². The topological polar surface area (TPSA) is 27.7 Å². The van der Waals surface area contributed by atoms with E-state index < -0.39 is 17.1 Å². The summed E-state index contributed by atoms with van der Waals surface area (Å²) in [5.41, 5.74) is 0. The van der Waals surface area contributed by atoms with Gasteiger partial charge >= 0.3 is 17.1 Å². The van der Waals surface area contributed by atoms with Gasteiger partial charge in [-0.05, 0) is 38.5 Å². The molecule has 5 heteroatoms. The maximum absolute atomic E-state index is 6.12. The molecule has 0 rings (SSSR count). The molecule has 0 saturated carbocycles. The molecule has 3 nitrogen and oxygen atoms in total. The third-order valence-electron chi connectivity index (χ3n) is 2.03. The molecule has 0 atom stereocenters. The third kappa shape index (κ3) is 9.73. The molecule has 17 heavy (non-hydrogen) atoms. The summed E-state index contributed by atoms with van der Waals surface area (Å²) < 4.78 is 17.8. The van der Waals surface area contributed by atoms with Crippen molar-refractivity contribution in [3.63, 3.8) is 0 Å². The summed E-state index contributed by atoms with van der Waals surface area (Å²) in [6.45, 7) is 17.7. The minimum absolute atomic E-state index is 0.539. The van der Waals surface area contributed by atoms with Crippen molar-refractivity contribution in [1.29, 1.82) is 0 Å². The van der Waals surface area contributed by atoms with Crippen LogP contribution in [0.1, 0.15) is 20.3 Å². The van der Waals surface area contributed by atoms with Crippen molar-refractivity contribution in [2.45, 2.75) is 46.5 Å². The second kappa shape index (κ2) is 7.48. The zero-order chi connectivity index (χ0) is 13.5. The molecule has 0 N–H and O–H groups in total. The molecular weight excluding hydrogens is 248 g/mol. The van der Waals surface area contributed by atoms with Crippen LogP contribution < -0.4 is 0 Å². The molecule has 0 aromatic rings. The van der Waals surface area contributed by atoms with Gasteiger partial charge in [0.1, 0.15) is 0 Å². The molecule has 0 aliphatic carbocycles. The van der Waals surface area contributed by atoms with Crippen molar-refractivity contribution in [2.24, 2.45) is 5.92 Å². The van der Waals surface area contributed by atoms with Crippen LogP contribution in [-0.2, 0) is 13.0 Å². The Labute approximate surface area is 109 Å². The fraction of sp³-hybridized carbons (Fsp3) is 0.833. The van der Waals surface area contributed by atoms with E-state index in [1.54, 1.807) is 0 Å². The van der Waals surface area contributed by atoms with Crippen LogP contribution in [0.4, 0.5) is 0 Å². The molecule has 0 amide bonds. The molecule has 0 unspecified atom stereocenters. The van der Waals surface area contributed by atoms with Gasteiger partial charge in [-0.25, -0.2) is 0 Å². The van der Waals surface area contributed by atoms with Gasteiger partial charge in [0.15, 0.2) is 0 Å². The van der Waals surface area contributed by atoms with Crippen LogP contribution >= 0.6 is 0 Å². The normalized spacial score (nSPS) is 13.1. The van der Waals surface area contributed by atoms with E-state index in [4.69, 9.17) is 13.0 Å². The van der Waals surface area contributed by atoms with E-state index in [-0.39, 0.29) is 0 Å². The quantitative estimate of drug-likeness (QED) is 0.365. The standard InChI is InChI=1S/C12H28O3Si2/c1-8-9-10-13-16(4,5)15-17(6,7)14-11-12(2)3/h8,12H,1,9-11H2,2-7H3. The molecule has 0 heterocycles. The second-order valence-corrected chi connectivity index (χ2v) is 12.5. The lowest BCUT2D eigenvalue weighted by molar-refractivity contribution is 0.182. The van der Waals surface area contributed by atoms with Crippen molar-refractivity contribution in [2.75, 3.05) is 13.2 Å². The zero-order valence-electron chi connectivity index (χ0n) is 12.2. The maximum atomic E-state index is 6.12. The second-order valence-electron chi connectivity index (χ2n) is 5.53. The molecular formula is C12H28O3Si2.